The Hall–Kier alpha value is -3.02. The molecule has 0 saturated heterocycles. The molecule has 2 atom stereocenters. The fraction of sp³-hybridized carbons (Fsp3) is 0.310. The monoisotopic (exact) mass is 526 g/mol. The number of nitrogens with zero attached hydrogens (tertiary/aromatic N) is 1. The van der Waals surface area contributed by atoms with E-state index in [1.807, 2.05) is 81.4 Å². The number of nitrogens with one attached hydrogen (secondary N) is 1. The molecule has 0 spiro atoms. The van der Waals surface area contributed by atoms with Crippen molar-refractivity contribution in [2.75, 3.05) is 6.61 Å². The SMILES string of the molecule is CC[C@@H](C)NC(=O)[C@H](Cc1ccccc1)N(Cc1ccc(Cl)c(Cl)c1)C(=O)COc1ccc(C)cc1. The molecule has 0 aliphatic heterocycles. The van der Waals surface area contributed by atoms with Gasteiger partial charge in [-0.05, 0) is 55.7 Å². The van der Waals surface area contributed by atoms with E-state index in [-0.39, 0.29) is 31.0 Å². The van der Waals surface area contributed by atoms with E-state index in [2.05, 4.69) is 5.32 Å². The summed E-state index contributed by atoms with van der Waals surface area (Å²) in [6, 6.07) is 21.6. The summed E-state index contributed by atoms with van der Waals surface area (Å²) in [5, 5.41) is 3.87. The van der Waals surface area contributed by atoms with Crippen LogP contribution in [0.1, 0.15) is 37.0 Å². The highest BCUT2D eigenvalue weighted by atomic mass is 35.5. The summed E-state index contributed by atoms with van der Waals surface area (Å²) in [5.74, 6) is 0.0749. The second kappa shape index (κ2) is 13.3. The lowest BCUT2D eigenvalue weighted by molar-refractivity contribution is -0.143. The fourth-order valence-electron chi connectivity index (χ4n) is 3.69. The lowest BCUT2D eigenvalue weighted by Gasteiger charge is -2.32. The maximum absolute atomic E-state index is 13.6. The summed E-state index contributed by atoms with van der Waals surface area (Å²) in [5.41, 5.74) is 2.82. The summed E-state index contributed by atoms with van der Waals surface area (Å²) in [7, 11) is 0. The van der Waals surface area contributed by atoms with Crippen molar-refractivity contribution in [3.05, 3.63) is 99.5 Å². The molecule has 0 unspecified atom stereocenters. The van der Waals surface area contributed by atoms with E-state index in [1.165, 1.54) is 0 Å². The number of ether oxygens (including phenoxy) is 1. The molecule has 190 valence electrons. The lowest BCUT2D eigenvalue weighted by Crippen LogP contribution is -2.53. The highest BCUT2D eigenvalue weighted by molar-refractivity contribution is 6.42. The van der Waals surface area contributed by atoms with E-state index < -0.39 is 6.04 Å². The average molecular weight is 527 g/mol. The largest absolute Gasteiger partial charge is 0.484 e. The molecule has 0 aliphatic carbocycles. The van der Waals surface area contributed by atoms with Crippen LogP contribution in [0.3, 0.4) is 0 Å². The quantitative estimate of drug-likeness (QED) is 0.322. The minimum atomic E-state index is -0.745. The third-order valence-corrected chi connectivity index (χ3v) is 6.73. The van der Waals surface area contributed by atoms with Gasteiger partial charge in [0.25, 0.3) is 5.91 Å². The number of aryl methyl sites for hydroxylation is 1. The second-order valence-corrected chi connectivity index (χ2v) is 9.71. The number of carbonyl (C=O) groups is 2. The fourth-order valence-corrected chi connectivity index (χ4v) is 4.01. The molecular weight excluding hydrogens is 495 g/mol. The van der Waals surface area contributed by atoms with Crippen molar-refractivity contribution in [3.63, 3.8) is 0 Å². The molecule has 7 heteroatoms. The molecule has 0 aromatic heterocycles. The van der Waals surface area contributed by atoms with Crippen LogP contribution in [-0.4, -0.2) is 35.4 Å². The van der Waals surface area contributed by atoms with Crippen LogP contribution >= 0.6 is 23.2 Å². The summed E-state index contributed by atoms with van der Waals surface area (Å²) >= 11 is 12.4. The normalized spacial score (nSPS) is 12.5. The van der Waals surface area contributed by atoms with Crippen molar-refractivity contribution in [1.82, 2.24) is 10.2 Å². The number of carbonyl (C=O) groups excluding carboxylic acids is 2. The first-order valence-electron chi connectivity index (χ1n) is 12.0. The van der Waals surface area contributed by atoms with Crippen LogP contribution < -0.4 is 10.1 Å². The molecule has 0 bridgehead atoms. The number of halogens is 2. The zero-order chi connectivity index (χ0) is 26.1. The van der Waals surface area contributed by atoms with Gasteiger partial charge in [-0.1, -0.05) is 84.2 Å². The van der Waals surface area contributed by atoms with Gasteiger partial charge in [-0.2, -0.15) is 0 Å². The standard InChI is InChI=1S/C29H32Cl2N2O3/c1-4-21(3)32-29(35)27(17-22-8-6-5-7-9-22)33(18-23-12-15-25(30)26(31)16-23)28(34)19-36-24-13-10-20(2)11-14-24/h5-16,21,27H,4,17-19H2,1-3H3,(H,32,35)/t21-,27+/m1/s1. The molecule has 5 nitrogen and oxygen atoms in total. The third kappa shape index (κ3) is 8.00. The Kier molecular flexibility index (Phi) is 10.2. The molecule has 3 aromatic rings. The third-order valence-electron chi connectivity index (χ3n) is 5.99. The smallest absolute Gasteiger partial charge is 0.261 e. The van der Waals surface area contributed by atoms with Gasteiger partial charge in [-0.3, -0.25) is 9.59 Å². The highest BCUT2D eigenvalue weighted by Gasteiger charge is 2.31. The summed E-state index contributed by atoms with van der Waals surface area (Å²) in [4.78, 5) is 28.7. The number of benzene rings is 3. The topological polar surface area (TPSA) is 58.6 Å². The van der Waals surface area contributed by atoms with Crippen LogP contribution in [0, 0.1) is 6.92 Å². The zero-order valence-electron chi connectivity index (χ0n) is 20.8. The molecule has 0 saturated carbocycles. The molecule has 0 heterocycles. The molecule has 0 radical (unpaired) electrons. The van der Waals surface area contributed by atoms with Crippen LogP contribution in [0.25, 0.3) is 0 Å². The zero-order valence-corrected chi connectivity index (χ0v) is 22.4. The Labute approximate surface area is 223 Å². The van der Waals surface area contributed by atoms with Gasteiger partial charge in [0.1, 0.15) is 11.8 Å². The van der Waals surface area contributed by atoms with Gasteiger partial charge >= 0.3 is 0 Å². The first-order chi connectivity index (χ1) is 17.3. The van der Waals surface area contributed by atoms with Gasteiger partial charge in [0, 0.05) is 19.0 Å². The average Bonchev–Trinajstić information content (AvgIpc) is 2.88. The van der Waals surface area contributed by atoms with Crippen molar-refractivity contribution in [3.8, 4) is 5.75 Å². The maximum atomic E-state index is 13.6. The predicted molar refractivity (Wildman–Crippen MR) is 146 cm³/mol. The van der Waals surface area contributed by atoms with E-state index in [0.29, 0.717) is 22.2 Å². The van der Waals surface area contributed by atoms with E-state index in [1.54, 1.807) is 17.0 Å². The van der Waals surface area contributed by atoms with Crippen LogP contribution in [0.15, 0.2) is 72.8 Å². The first-order valence-corrected chi connectivity index (χ1v) is 12.8. The van der Waals surface area contributed by atoms with Gasteiger partial charge in [-0.15, -0.1) is 0 Å². The van der Waals surface area contributed by atoms with Crippen molar-refractivity contribution < 1.29 is 14.3 Å². The highest BCUT2D eigenvalue weighted by Crippen LogP contribution is 2.24. The maximum Gasteiger partial charge on any atom is 0.261 e. The van der Waals surface area contributed by atoms with Gasteiger partial charge < -0.3 is 15.0 Å². The van der Waals surface area contributed by atoms with E-state index in [4.69, 9.17) is 27.9 Å². The van der Waals surface area contributed by atoms with Crippen LogP contribution in [0.5, 0.6) is 5.75 Å². The van der Waals surface area contributed by atoms with Crippen molar-refractivity contribution in [2.24, 2.45) is 0 Å². The van der Waals surface area contributed by atoms with E-state index in [9.17, 15) is 9.59 Å². The van der Waals surface area contributed by atoms with Crippen LogP contribution in [-0.2, 0) is 22.6 Å². The Morgan fingerprint density at radius 2 is 1.64 bits per heavy atom. The molecule has 1 N–H and O–H groups in total. The molecule has 3 aromatic carbocycles. The molecule has 0 fully saturated rings. The number of hydrogen-bond donors (Lipinski definition) is 1. The summed E-state index contributed by atoms with van der Waals surface area (Å²) in [6.07, 6.45) is 1.14. The molecular formula is C29H32Cl2N2O3. The van der Waals surface area contributed by atoms with Crippen LogP contribution in [0.2, 0.25) is 10.0 Å². The van der Waals surface area contributed by atoms with Gasteiger partial charge in [0.15, 0.2) is 6.61 Å². The molecule has 0 aliphatic rings. The molecule has 3 rings (SSSR count). The lowest BCUT2D eigenvalue weighted by atomic mass is 10.0. The Balaban J connectivity index is 1.92. The minimum absolute atomic E-state index is 0.0264. The number of rotatable bonds is 11. The van der Waals surface area contributed by atoms with E-state index in [0.717, 1.165) is 23.1 Å². The van der Waals surface area contributed by atoms with Gasteiger partial charge in [0.05, 0.1) is 10.0 Å². The Bertz CT molecular complexity index is 1150. The Morgan fingerprint density at radius 3 is 2.28 bits per heavy atom. The molecule has 36 heavy (non-hydrogen) atoms. The van der Waals surface area contributed by atoms with Crippen molar-refractivity contribution in [2.45, 2.75) is 52.2 Å². The number of amides is 2. The van der Waals surface area contributed by atoms with Gasteiger partial charge in [0.2, 0.25) is 5.91 Å². The number of hydrogen-bond acceptors (Lipinski definition) is 3. The van der Waals surface area contributed by atoms with Crippen LogP contribution in [0.4, 0.5) is 0 Å². The summed E-state index contributed by atoms with van der Waals surface area (Å²) in [6.45, 7) is 5.91. The first kappa shape index (κ1) is 27.6. The second-order valence-electron chi connectivity index (χ2n) is 8.90. The van der Waals surface area contributed by atoms with E-state index >= 15 is 0 Å². The molecule has 2 amide bonds. The predicted octanol–water partition coefficient (Wildman–Crippen LogP) is 6.24. The minimum Gasteiger partial charge on any atom is -0.484 e. The van der Waals surface area contributed by atoms with Crippen molar-refractivity contribution >= 4 is 35.0 Å². The van der Waals surface area contributed by atoms with Crippen molar-refractivity contribution in [1.29, 1.82) is 0 Å². The van der Waals surface area contributed by atoms with Gasteiger partial charge in [-0.25, -0.2) is 0 Å². The summed E-state index contributed by atoms with van der Waals surface area (Å²) < 4.78 is 5.80. The Morgan fingerprint density at radius 1 is 0.944 bits per heavy atom.